The van der Waals surface area contributed by atoms with E-state index < -0.39 is 0 Å². The van der Waals surface area contributed by atoms with Gasteiger partial charge in [0.1, 0.15) is 5.69 Å². The zero-order valence-corrected chi connectivity index (χ0v) is 20.1. The molecule has 0 spiro atoms. The first-order valence-electron chi connectivity index (χ1n) is 10.6. The number of benzene rings is 1. The maximum atomic E-state index is 5.32. The Morgan fingerprint density at radius 1 is 1.10 bits per heavy atom. The smallest absolute Gasteiger partial charge is 0.276 e. The molecule has 0 bridgehead atoms. The highest BCUT2D eigenvalue weighted by molar-refractivity contribution is 14.0. The van der Waals surface area contributed by atoms with Gasteiger partial charge in [0.2, 0.25) is 0 Å². The first kappa shape index (κ1) is 23.2. The first-order chi connectivity index (χ1) is 14.8. The van der Waals surface area contributed by atoms with Crippen LogP contribution in [0.1, 0.15) is 37.6 Å². The van der Waals surface area contributed by atoms with Crippen LogP contribution in [0.4, 0.5) is 0 Å². The molecule has 0 saturated heterocycles. The quantitative estimate of drug-likeness (QED) is 0.260. The minimum absolute atomic E-state index is 0. The number of aromatic nitrogens is 3. The van der Waals surface area contributed by atoms with Gasteiger partial charge in [-0.3, -0.25) is 9.98 Å². The number of nitrogens with one attached hydrogen (secondary N) is 2. The fourth-order valence-corrected chi connectivity index (χ4v) is 3.75. The predicted molar refractivity (Wildman–Crippen MR) is 133 cm³/mol. The van der Waals surface area contributed by atoms with Crippen LogP contribution in [0.3, 0.4) is 0 Å². The lowest BCUT2D eigenvalue weighted by Gasteiger charge is -2.41. The second-order valence-corrected chi connectivity index (χ2v) is 7.60. The van der Waals surface area contributed by atoms with Gasteiger partial charge in [0, 0.05) is 31.1 Å². The van der Waals surface area contributed by atoms with Crippen molar-refractivity contribution in [3.63, 3.8) is 0 Å². The Balaban J connectivity index is 0.00000272. The highest BCUT2D eigenvalue weighted by Crippen LogP contribution is 2.43. The van der Waals surface area contributed by atoms with E-state index in [2.05, 4.69) is 63.0 Å². The Hall–Kier alpha value is -2.49. The number of hydrogen-bond acceptors (Lipinski definition) is 5. The standard InChI is InChI=1S/C23H28N6O.HI/c1-2-24-22(27-17-23(13-8-14-23)18-9-4-3-5-10-18)26-16-12-20-28-21(30-29-20)19-11-6-7-15-25-19;/h3-7,9-11,15H,2,8,12-14,16-17H2,1H3,(H2,24,26,27);1H. The average Bonchev–Trinajstić information content (AvgIpc) is 3.23. The van der Waals surface area contributed by atoms with Crippen molar-refractivity contribution in [1.82, 2.24) is 25.8 Å². The largest absolute Gasteiger partial charge is 0.357 e. The van der Waals surface area contributed by atoms with Crippen molar-refractivity contribution in [2.24, 2.45) is 4.99 Å². The zero-order valence-electron chi connectivity index (χ0n) is 17.8. The Bertz CT molecular complexity index is 956. The number of rotatable bonds is 8. The third-order valence-electron chi connectivity index (χ3n) is 5.57. The molecule has 7 nitrogen and oxygen atoms in total. The van der Waals surface area contributed by atoms with E-state index in [1.165, 1.54) is 24.8 Å². The number of pyridine rings is 1. The van der Waals surface area contributed by atoms with E-state index in [9.17, 15) is 0 Å². The molecule has 1 aliphatic carbocycles. The summed E-state index contributed by atoms with van der Waals surface area (Å²) in [5, 5.41) is 10.8. The molecule has 2 N–H and O–H groups in total. The average molecular weight is 532 g/mol. The van der Waals surface area contributed by atoms with Crippen molar-refractivity contribution in [1.29, 1.82) is 0 Å². The van der Waals surface area contributed by atoms with E-state index in [1.54, 1.807) is 6.20 Å². The molecule has 31 heavy (non-hydrogen) atoms. The van der Waals surface area contributed by atoms with Crippen LogP contribution in [0, 0.1) is 0 Å². The molecule has 2 aromatic heterocycles. The summed E-state index contributed by atoms with van der Waals surface area (Å²) in [7, 11) is 0. The minimum atomic E-state index is 0. The molecule has 1 aromatic carbocycles. The molecular weight excluding hydrogens is 503 g/mol. The van der Waals surface area contributed by atoms with Gasteiger partial charge in [-0.1, -0.05) is 48.0 Å². The van der Waals surface area contributed by atoms with E-state index in [4.69, 9.17) is 9.52 Å². The molecule has 1 fully saturated rings. The second kappa shape index (κ2) is 11.2. The Kier molecular flexibility index (Phi) is 8.39. The Morgan fingerprint density at radius 3 is 2.58 bits per heavy atom. The van der Waals surface area contributed by atoms with Crippen LogP contribution in [0.15, 0.2) is 64.2 Å². The van der Waals surface area contributed by atoms with Gasteiger partial charge in [-0.05, 0) is 37.5 Å². The maximum absolute atomic E-state index is 5.32. The fourth-order valence-electron chi connectivity index (χ4n) is 3.75. The van der Waals surface area contributed by atoms with Gasteiger partial charge in [-0.2, -0.15) is 4.98 Å². The van der Waals surface area contributed by atoms with Crippen LogP contribution in [0.25, 0.3) is 11.6 Å². The van der Waals surface area contributed by atoms with Crippen LogP contribution in [0.5, 0.6) is 0 Å². The normalized spacial score (nSPS) is 14.9. The first-order valence-corrected chi connectivity index (χ1v) is 10.6. The van der Waals surface area contributed by atoms with Crippen molar-refractivity contribution in [2.45, 2.75) is 38.0 Å². The van der Waals surface area contributed by atoms with E-state index in [0.29, 0.717) is 30.4 Å². The van der Waals surface area contributed by atoms with Crippen LogP contribution in [-0.4, -0.2) is 40.7 Å². The third-order valence-corrected chi connectivity index (χ3v) is 5.57. The molecule has 1 saturated carbocycles. The number of halogens is 1. The molecule has 2 heterocycles. The van der Waals surface area contributed by atoms with E-state index in [-0.39, 0.29) is 29.4 Å². The van der Waals surface area contributed by atoms with E-state index in [0.717, 1.165) is 19.0 Å². The van der Waals surface area contributed by atoms with Gasteiger partial charge < -0.3 is 15.2 Å². The minimum Gasteiger partial charge on any atom is -0.357 e. The third kappa shape index (κ3) is 5.81. The van der Waals surface area contributed by atoms with E-state index >= 15 is 0 Å². The lowest BCUT2D eigenvalue weighted by molar-refractivity contribution is 0.253. The molecule has 4 rings (SSSR count). The van der Waals surface area contributed by atoms with Crippen LogP contribution < -0.4 is 10.6 Å². The summed E-state index contributed by atoms with van der Waals surface area (Å²) in [6.07, 6.45) is 6.01. The highest BCUT2D eigenvalue weighted by Gasteiger charge is 2.38. The van der Waals surface area contributed by atoms with Crippen LogP contribution in [-0.2, 0) is 11.8 Å². The number of aliphatic imine (C=N–C) groups is 1. The van der Waals surface area contributed by atoms with E-state index in [1.807, 2.05) is 18.2 Å². The summed E-state index contributed by atoms with van der Waals surface area (Å²) in [5.74, 6) is 1.92. The summed E-state index contributed by atoms with van der Waals surface area (Å²) >= 11 is 0. The lowest BCUT2D eigenvalue weighted by atomic mass is 9.64. The highest BCUT2D eigenvalue weighted by atomic mass is 127. The van der Waals surface area contributed by atoms with Gasteiger partial charge in [0.25, 0.3) is 5.89 Å². The van der Waals surface area contributed by atoms with Gasteiger partial charge in [0.05, 0.1) is 6.54 Å². The van der Waals surface area contributed by atoms with Gasteiger partial charge in [-0.15, -0.1) is 24.0 Å². The zero-order chi connectivity index (χ0) is 20.7. The monoisotopic (exact) mass is 532 g/mol. The topological polar surface area (TPSA) is 88.2 Å². The molecule has 1 aliphatic rings. The summed E-state index contributed by atoms with van der Waals surface area (Å²) in [6, 6.07) is 16.4. The van der Waals surface area contributed by atoms with Crippen molar-refractivity contribution >= 4 is 29.9 Å². The van der Waals surface area contributed by atoms with Gasteiger partial charge in [-0.25, -0.2) is 0 Å². The van der Waals surface area contributed by atoms with Crippen LogP contribution >= 0.6 is 24.0 Å². The predicted octanol–water partition coefficient (Wildman–Crippen LogP) is 3.97. The summed E-state index contributed by atoms with van der Waals surface area (Å²) in [6.45, 7) is 4.35. The Labute approximate surface area is 200 Å². The number of hydrogen-bond donors (Lipinski definition) is 2. The maximum Gasteiger partial charge on any atom is 0.276 e. The lowest BCUT2D eigenvalue weighted by Crippen LogP contribution is -2.42. The molecule has 0 amide bonds. The number of guanidine groups is 1. The van der Waals surface area contributed by atoms with Gasteiger partial charge >= 0.3 is 0 Å². The van der Waals surface area contributed by atoms with Crippen molar-refractivity contribution in [3.8, 4) is 11.6 Å². The number of nitrogens with zero attached hydrogens (tertiary/aromatic N) is 4. The van der Waals surface area contributed by atoms with Crippen LogP contribution in [0.2, 0.25) is 0 Å². The molecule has 8 heteroatoms. The Morgan fingerprint density at radius 2 is 1.90 bits per heavy atom. The second-order valence-electron chi connectivity index (χ2n) is 7.60. The molecule has 3 aromatic rings. The fraction of sp³-hybridized carbons (Fsp3) is 0.391. The summed E-state index contributed by atoms with van der Waals surface area (Å²) < 4.78 is 5.32. The molecule has 0 unspecified atom stereocenters. The summed E-state index contributed by atoms with van der Waals surface area (Å²) in [5.41, 5.74) is 2.25. The van der Waals surface area contributed by atoms with Crippen molar-refractivity contribution in [2.75, 3.05) is 19.6 Å². The molecule has 164 valence electrons. The molecule has 0 aliphatic heterocycles. The molecule has 0 atom stereocenters. The summed E-state index contributed by atoms with van der Waals surface area (Å²) in [4.78, 5) is 13.6. The van der Waals surface area contributed by atoms with Gasteiger partial charge in [0.15, 0.2) is 11.8 Å². The SMILES string of the molecule is CCNC(=NCC1(c2ccccc2)CCC1)NCCc1noc(-c2ccccn2)n1.I. The molecule has 0 radical (unpaired) electrons. The van der Waals surface area contributed by atoms with Crippen molar-refractivity contribution < 1.29 is 4.52 Å². The molecular formula is C23H29IN6O. The van der Waals surface area contributed by atoms with Crippen molar-refractivity contribution in [3.05, 3.63) is 66.1 Å².